The molecule has 0 heterocycles. The monoisotopic (exact) mass is 190 g/mol. The topological polar surface area (TPSA) is 0 Å². The minimum absolute atomic E-state index is 0.0764. The van der Waals surface area contributed by atoms with Gasteiger partial charge in [-0.25, -0.2) is 0 Å². The Hall–Kier alpha value is -0.860. The van der Waals surface area contributed by atoms with Gasteiger partial charge >= 0.3 is 12.4 Å². The number of hydrogen-bond donors (Lipinski definition) is 0. The second-order valence-electron chi connectivity index (χ2n) is 2.26. The molecule has 0 saturated heterocycles. The molecular weight excluding hydrogens is 186 g/mol. The molecule has 70 valence electrons. The van der Waals surface area contributed by atoms with Gasteiger partial charge in [-0.2, -0.15) is 26.3 Å². The molecule has 0 rings (SSSR count). The van der Waals surface area contributed by atoms with Crippen LogP contribution in [0.4, 0.5) is 26.3 Å². The van der Waals surface area contributed by atoms with E-state index in [0.29, 0.717) is 5.92 Å². The van der Waals surface area contributed by atoms with Gasteiger partial charge in [0.25, 0.3) is 0 Å². The highest BCUT2D eigenvalue weighted by Gasteiger charge is 2.66. The molecule has 0 aliphatic carbocycles. The first kappa shape index (κ1) is 11.1. The van der Waals surface area contributed by atoms with Crippen LogP contribution in [-0.4, -0.2) is 12.4 Å². The zero-order valence-corrected chi connectivity index (χ0v) is 5.85. The third-order valence-corrected chi connectivity index (χ3v) is 1.42. The average molecular weight is 190 g/mol. The highest BCUT2D eigenvalue weighted by molar-refractivity contribution is 5.11. The van der Waals surface area contributed by atoms with Crippen LogP contribution in [0.15, 0.2) is 0 Å². The largest absolute Gasteiger partial charge is 0.413 e. The lowest BCUT2D eigenvalue weighted by Gasteiger charge is -2.28. The van der Waals surface area contributed by atoms with E-state index in [-0.39, 0.29) is 6.92 Å². The molecule has 0 saturated carbocycles. The third kappa shape index (κ3) is 1.49. The van der Waals surface area contributed by atoms with Gasteiger partial charge in [0.05, 0.1) is 0 Å². The highest BCUT2D eigenvalue weighted by Crippen LogP contribution is 2.49. The van der Waals surface area contributed by atoms with Gasteiger partial charge < -0.3 is 0 Å². The van der Waals surface area contributed by atoms with E-state index < -0.39 is 17.8 Å². The SMILES string of the molecule is C#CC(C)(C(F)(F)F)C(F)(F)F. The van der Waals surface area contributed by atoms with E-state index in [9.17, 15) is 26.3 Å². The van der Waals surface area contributed by atoms with Crippen LogP contribution in [0.25, 0.3) is 0 Å². The fraction of sp³-hybridized carbons (Fsp3) is 0.667. The number of rotatable bonds is 0. The predicted octanol–water partition coefficient (Wildman–Crippen LogP) is 2.75. The van der Waals surface area contributed by atoms with Gasteiger partial charge in [0.15, 0.2) is 0 Å². The third-order valence-electron chi connectivity index (χ3n) is 1.42. The fourth-order valence-electron chi connectivity index (χ4n) is 0.324. The molecule has 0 unspecified atom stereocenters. The number of terminal acetylenes is 1. The minimum atomic E-state index is -5.47. The van der Waals surface area contributed by atoms with Gasteiger partial charge in [0.1, 0.15) is 0 Å². The maximum absolute atomic E-state index is 11.7. The minimum Gasteiger partial charge on any atom is -0.169 e. The second-order valence-corrected chi connectivity index (χ2v) is 2.26. The van der Waals surface area contributed by atoms with Crippen molar-refractivity contribution in [3.8, 4) is 12.3 Å². The molecule has 0 atom stereocenters. The zero-order chi connectivity index (χ0) is 10.2. The molecule has 0 aromatic carbocycles. The summed E-state index contributed by atoms with van der Waals surface area (Å²) in [5, 5.41) is 0. The maximum Gasteiger partial charge on any atom is 0.413 e. The van der Waals surface area contributed by atoms with Crippen molar-refractivity contribution in [2.45, 2.75) is 19.3 Å². The average Bonchev–Trinajstić information content (AvgIpc) is 1.81. The van der Waals surface area contributed by atoms with Crippen molar-refractivity contribution in [2.24, 2.45) is 5.41 Å². The number of hydrogen-bond acceptors (Lipinski definition) is 0. The molecule has 0 nitrogen and oxygen atoms in total. The molecule has 6 heteroatoms. The molecule has 12 heavy (non-hydrogen) atoms. The van der Waals surface area contributed by atoms with E-state index in [1.54, 1.807) is 0 Å². The Morgan fingerprint density at radius 1 is 0.917 bits per heavy atom. The lowest BCUT2D eigenvalue weighted by atomic mass is 9.90. The fourth-order valence-corrected chi connectivity index (χ4v) is 0.324. The summed E-state index contributed by atoms with van der Waals surface area (Å²) in [5.41, 5.74) is -4.06. The van der Waals surface area contributed by atoms with E-state index in [4.69, 9.17) is 0 Å². The van der Waals surface area contributed by atoms with Gasteiger partial charge in [0, 0.05) is 0 Å². The number of alkyl halides is 6. The van der Waals surface area contributed by atoms with Crippen LogP contribution in [0.2, 0.25) is 0 Å². The maximum atomic E-state index is 11.7. The van der Waals surface area contributed by atoms with Crippen molar-refractivity contribution in [3.05, 3.63) is 0 Å². The Kier molecular flexibility index (Phi) is 2.39. The molecule has 0 N–H and O–H groups in total. The first-order chi connectivity index (χ1) is 5.06. The lowest BCUT2D eigenvalue weighted by molar-refractivity contribution is -0.310. The first-order valence-corrected chi connectivity index (χ1v) is 2.67. The Morgan fingerprint density at radius 3 is 1.17 bits per heavy atom. The molecule has 0 aromatic rings. The Labute approximate surface area is 64.6 Å². The summed E-state index contributed by atoms with van der Waals surface area (Å²) in [5.74, 6) is 0.708. The molecule has 0 amide bonds. The van der Waals surface area contributed by atoms with Crippen molar-refractivity contribution in [3.63, 3.8) is 0 Å². The Bertz CT molecular complexity index is 188. The molecule has 0 aliphatic heterocycles. The van der Waals surface area contributed by atoms with Gasteiger partial charge in [-0.3, -0.25) is 0 Å². The Balaban J connectivity index is 5.14. The molecule has 0 bridgehead atoms. The van der Waals surface area contributed by atoms with Gasteiger partial charge in [-0.05, 0) is 6.92 Å². The van der Waals surface area contributed by atoms with E-state index in [1.807, 2.05) is 0 Å². The van der Waals surface area contributed by atoms with Crippen LogP contribution in [0.3, 0.4) is 0 Å². The summed E-state index contributed by atoms with van der Waals surface area (Å²) in [7, 11) is 0. The first-order valence-electron chi connectivity index (χ1n) is 2.67. The van der Waals surface area contributed by atoms with Crippen LogP contribution in [-0.2, 0) is 0 Å². The molecule has 0 radical (unpaired) electrons. The summed E-state index contributed by atoms with van der Waals surface area (Å²) in [4.78, 5) is 0. The van der Waals surface area contributed by atoms with E-state index in [0.717, 1.165) is 0 Å². The summed E-state index contributed by atoms with van der Waals surface area (Å²) in [6, 6.07) is 0. The van der Waals surface area contributed by atoms with Crippen LogP contribution >= 0.6 is 0 Å². The van der Waals surface area contributed by atoms with Crippen LogP contribution < -0.4 is 0 Å². The second kappa shape index (κ2) is 2.57. The summed E-state index contributed by atoms with van der Waals surface area (Å²) in [6.07, 6.45) is -6.76. The van der Waals surface area contributed by atoms with E-state index in [2.05, 4.69) is 6.42 Å². The quantitative estimate of drug-likeness (QED) is 0.407. The molecular formula is C6H4F6. The van der Waals surface area contributed by atoms with E-state index >= 15 is 0 Å². The smallest absolute Gasteiger partial charge is 0.169 e. The van der Waals surface area contributed by atoms with E-state index in [1.165, 1.54) is 0 Å². The normalized spacial score (nSPS) is 14.2. The molecule has 0 fully saturated rings. The standard InChI is InChI=1S/C6H4F6/c1-3-4(2,5(7,8)9)6(10,11)12/h1H,2H3. The highest BCUT2D eigenvalue weighted by atomic mass is 19.4. The van der Waals surface area contributed by atoms with Crippen molar-refractivity contribution in [1.29, 1.82) is 0 Å². The number of halogens is 6. The molecule has 0 spiro atoms. The molecule has 0 aromatic heterocycles. The lowest BCUT2D eigenvalue weighted by Crippen LogP contribution is -2.46. The van der Waals surface area contributed by atoms with Gasteiger partial charge in [-0.1, -0.05) is 5.92 Å². The van der Waals surface area contributed by atoms with Crippen LogP contribution in [0, 0.1) is 17.8 Å². The Morgan fingerprint density at radius 2 is 1.17 bits per heavy atom. The van der Waals surface area contributed by atoms with Crippen LogP contribution in [0.1, 0.15) is 6.92 Å². The van der Waals surface area contributed by atoms with Crippen molar-refractivity contribution >= 4 is 0 Å². The zero-order valence-electron chi connectivity index (χ0n) is 5.85. The summed E-state index contributed by atoms with van der Waals surface area (Å²) in [6.45, 7) is -0.0764. The van der Waals surface area contributed by atoms with Crippen molar-refractivity contribution < 1.29 is 26.3 Å². The summed E-state index contributed by atoms with van der Waals surface area (Å²) < 4.78 is 70.4. The van der Waals surface area contributed by atoms with Gasteiger partial charge in [0.2, 0.25) is 5.41 Å². The summed E-state index contributed by atoms with van der Waals surface area (Å²) >= 11 is 0. The van der Waals surface area contributed by atoms with Crippen molar-refractivity contribution in [2.75, 3.05) is 0 Å². The predicted molar refractivity (Wildman–Crippen MR) is 29.0 cm³/mol. The van der Waals surface area contributed by atoms with Crippen LogP contribution in [0.5, 0.6) is 0 Å². The van der Waals surface area contributed by atoms with Gasteiger partial charge in [-0.15, -0.1) is 6.42 Å². The van der Waals surface area contributed by atoms with Crippen molar-refractivity contribution in [1.82, 2.24) is 0 Å². The molecule has 0 aliphatic rings.